The molecular weight excluding hydrogens is 240 g/mol. The van der Waals surface area contributed by atoms with E-state index in [9.17, 15) is 13.9 Å². The summed E-state index contributed by atoms with van der Waals surface area (Å²) in [4.78, 5) is 1.90. The van der Waals surface area contributed by atoms with Gasteiger partial charge in [0.25, 0.3) is 0 Å². The van der Waals surface area contributed by atoms with E-state index in [1.54, 1.807) is 0 Å². The molecule has 1 aliphatic heterocycles. The molecule has 6 heteroatoms. The maximum absolute atomic E-state index is 13.5. The molecule has 1 fully saturated rings. The van der Waals surface area contributed by atoms with Crippen molar-refractivity contribution in [1.29, 1.82) is 0 Å². The average Bonchev–Trinajstić information content (AvgIpc) is 2.42. The van der Waals surface area contributed by atoms with Crippen molar-refractivity contribution in [2.45, 2.75) is 31.8 Å². The molecule has 18 heavy (non-hydrogen) atoms. The molecule has 4 nitrogen and oxygen atoms in total. The van der Waals surface area contributed by atoms with Gasteiger partial charge in [0.1, 0.15) is 17.9 Å². The Morgan fingerprint density at radius 3 is 1.89 bits per heavy atom. The summed E-state index contributed by atoms with van der Waals surface area (Å²) < 4.78 is 26.9. The summed E-state index contributed by atoms with van der Waals surface area (Å²) in [5, 5.41) is 16.6. The minimum absolute atomic E-state index is 0.0195. The Labute approximate surface area is 108 Å². The second-order valence-electron chi connectivity index (χ2n) is 5.00. The zero-order valence-corrected chi connectivity index (χ0v) is 11.3. The molecule has 0 aromatic rings. The molecule has 0 aromatic heterocycles. The van der Waals surface area contributed by atoms with Crippen LogP contribution >= 0.6 is 0 Å². The first kappa shape index (κ1) is 15.8. The molecule has 1 saturated heterocycles. The van der Waals surface area contributed by atoms with Gasteiger partial charge in [0, 0.05) is 45.8 Å². The van der Waals surface area contributed by atoms with Crippen LogP contribution in [0.4, 0.5) is 8.78 Å². The molecule has 0 aliphatic carbocycles. The summed E-state index contributed by atoms with van der Waals surface area (Å²) >= 11 is 0. The molecule has 2 atom stereocenters. The normalized spacial score (nSPS) is 26.5. The molecular formula is C12H25F2N3O. The van der Waals surface area contributed by atoms with Crippen molar-refractivity contribution >= 4 is 0 Å². The van der Waals surface area contributed by atoms with Crippen LogP contribution in [0.2, 0.25) is 0 Å². The first-order chi connectivity index (χ1) is 8.47. The van der Waals surface area contributed by atoms with Crippen LogP contribution in [-0.2, 0) is 0 Å². The second-order valence-corrected chi connectivity index (χ2v) is 5.00. The van der Waals surface area contributed by atoms with Gasteiger partial charge in [-0.2, -0.15) is 0 Å². The molecule has 0 aromatic carbocycles. The van der Waals surface area contributed by atoms with Crippen LogP contribution in [0.5, 0.6) is 0 Å². The Bertz CT molecular complexity index is 221. The number of alkyl halides is 2. The van der Waals surface area contributed by atoms with E-state index in [0.717, 1.165) is 26.2 Å². The summed E-state index contributed by atoms with van der Waals surface area (Å²) in [6.07, 6.45) is -3.18. The number of nitrogens with zero attached hydrogens (tertiary/aromatic N) is 1. The summed E-state index contributed by atoms with van der Waals surface area (Å²) in [7, 11) is 0. The number of nitrogens with one attached hydrogen (secondary N) is 2. The van der Waals surface area contributed by atoms with Gasteiger partial charge in [-0.25, -0.2) is 8.78 Å². The third-order valence-electron chi connectivity index (χ3n) is 3.54. The van der Waals surface area contributed by atoms with Gasteiger partial charge in [0.15, 0.2) is 0 Å². The van der Waals surface area contributed by atoms with E-state index in [0.29, 0.717) is 13.1 Å². The SMILES string of the molecule is CC(F)C(O)(CN1CCNCCNCC1)C(C)F. The summed E-state index contributed by atoms with van der Waals surface area (Å²) in [6, 6.07) is 0. The standard InChI is InChI=1S/C12H25F2N3O/c1-10(13)12(18,11(2)14)9-17-7-5-15-3-4-16-6-8-17/h10-11,15-16,18H,3-9H2,1-2H3. The van der Waals surface area contributed by atoms with Crippen LogP contribution in [0, 0.1) is 0 Å². The number of β-amino-alcohol motifs (C(OH)–C–C–N with tert-alkyl or cyclic N) is 1. The topological polar surface area (TPSA) is 47.5 Å². The summed E-state index contributed by atoms with van der Waals surface area (Å²) in [6.45, 7) is 7.11. The van der Waals surface area contributed by atoms with Gasteiger partial charge in [-0.05, 0) is 13.8 Å². The first-order valence-corrected chi connectivity index (χ1v) is 6.61. The molecule has 2 unspecified atom stereocenters. The Balaban J connectivity index is 2.60. The van der Waals surface area contributed by atoms with Gasteiger partial charge in [-0.15, -0.1) is 0 Å². The number of aliphatic hydroxyl groups is 1. The maximum Gasteiger partial charge on any atom is 0.139 e. The number of halogens is 2. The van der Waals surface area contributed by atoms with Crippen molar-refractivity contribution in [2.24, 2.45) is 0 Å². The zero-order valence-electron chi connectivity index (χ0n) is 11.3. The Morgan fingerprint density at radius 2 is 1.50 bits per heavy atom. The van der Waals surface area contributed by atoms with Crippen molar-refractivity contribution in [1.82, 2.24) is 15.5 Å². The van der Waals surface area contributed by atoms with Gasteiger partial charge in [0.2, 0.25) is 0 Å². The minimum atomic E-state index is -1.92. The average molecular weight is 265 g/mol. The van der Waals surface area contributed by atoms with Crippen molar-refractivity contribution in [3.05, 3.63) is 0 Å². The number of hydrogen-bond donors (Lipinski definition) is 3. The number of hydrogen-bond acceptors (Lipinski definition) is 4. The lowest BCUT2D eigenvalue weighted by atomic mass is 9.93. The van der Waals surface area contributed by atoms with Crippen LogP contribution < -0.4 is 10.6 Å². The van der Waals surface area contributed by atoms with Crippen molar-refractivity contribution in [3.8, 4) is 0 Å². The van der Waals surface area contributed by atoms with Gasteiger partial charge in [-0.1, -0.05) is 0 Å². The van der Waals surface area contributed by atoms with Crippen LogP contribution in [0.15, 0.2) is 0 Å². The van der Waals surface area contributed by atoms with E-state index in [1.807, 2.05) is 4.90 Å². The fourth-order valence-corrected chi connectivity index (χ4v) is 2.10. The molecule has 0 radical (unpaired) electrons. The minimum Gasteiger partial charge on any atom is -0.382 e. The van der Waals surface area contributed by atoms with Crippen LogP contribution in [0.25, 0.3) is 0 Å². The van der Waals surface area contributed by atoms with Crippen LogP contribution in [0.3, 0.4) is 0 Å². The van der Waals surface area contributed by atoms with E-state index in [2.05, 4.69) is 10.6 Å². The van der Waals surface area contributed by atoms with Gasteiger partial charge in [0.05, 0.1) is 0 Å². The molecule has 0 bridgehead atoms. The van der Waals surface area contributed by atoms with E-state index in [-0.39, 0.29) is 6.54 Å². The highest BCUT2D eigenvalue weighted by molar-refractivity contribution is 4.93. The van der Waals surface area contributed by atoms with Crippen molar-refractivity contribution in [3.63, 3.8) is 0 Å². The maximum atomic E-state index is 13.5. The van der Waals surface area contributed by atoms with Crippen LogP contribution in [0.1, 0.15) is 13.8 Å². The third-order valence-corrected chi connectivity index (χ3v) is 3.54. The highest BCUT2D eigenvalue weighted by atomic mass is 19.1. The Morgan fingerprint density at radius 1 is 1.06 bits per heavy atom. The molecule has 108 valence electrons. The Hall–Kier alpha value is -0.300. The lowest BCUT2D eigenvalue weighted by Gasteiger charge is -2.36. The molecule has 1 aliphatic rings. The molecule has 1 heterocycles. The second kappa shape index (κ2) is 7.33. The predicted molar refractivity (Wildman–Crippen MR) is 68.3 cm³/mol. The van der Waals surface area contributed by atoms with Gasteiger partial charge in [-0.3, -0.25) is 4.90 Å². The smallest absolute Gasteiger partial charge is 0.139 e. The number of rotatable bonds is 4. The molecule has 1 rings (SSSR count). The van der Waals surface area contributed by atoms with E-state index < -0.39 is 17.9 Å². The van der Waals surface area contributed by atoms with E-state index >= 15 is 0 Å². The third kappa shape index (κ3) is 4.42. The fraction of sp³-hybridized carbons (Fsp3) is 1.00. The summed E-state index contributed by atoms with van der Waals surface area (Å²) in [5.74, 6) is 0. The monoisotopic (exact) mass is 265 g/mol. The highest BCUT2D eigenvalue weighted by Crippen LogP contribution is 2.22. The zero-order chi connectivity index (χ0) is 13.6. The highest BCUT2D eigenvalue weighted by Gasteiger charge is 2.41. The Kier molecular flexibility index (Phi) is 6.42. The van der Waals surface area contributed by atoms with Gasteiger partial charge >= 0.3 is 0 Å². The van der Waals surface area contributed by atoms with E-state index in [4.69, 9.17) is 0 Å². The van der Waals surface area contributed by atoms with E-state index in [1.165, 1.54) is 13.8 Å². The lowest BCUT2D eigenvalue weighted by Crippen LogP contribution is -2.55. The quantitative estimate of drug-likeness (QED) is 0.666. The van der Waals surface area contributed by atoms with Crippen molar-refractivity contribution in [2.75, 3.05) is 45.8 Å². The van der Waals surface area contributed by atoms with Crippen LogP contribution in [-0.4, -0.2) is 73.8 Å². The lowest BCUT2D eigenvalue weighted by molar-refractivity contribution is -0.0985. The largest absolute Gasteiger partial charge is 0.382 e. The van der Waals surface area contributed by atoms with Crippen molar-refractivity contribution < 1.29 is 13.9 Å². The molecule has 0 amide bonds. The molecule has 0 saturated carbocycles. The summed E-state index contributed by atoms with van der Waals surface area (Å²) in [5.41, 5.74) is -1.92. The molecule has 3 N–H and O–H groups in total. The van der Waals surface area contributed by atoms with Gasteiger partial charge < -0.3 is 15.7 Å². The molecule has 0 spiro atoms. The predicted octanol–water partition coefficient (Wildman–Crippen LogP) is -0.0717. The first-order valence-electron chi connectivity index (χ1n) is 6.61. The fourth-order valence-electron chi connectivity index (χ4n) is 2.10.